The molecule has 0 aliphatic heterocycles. The lowest BCUT2D eigenvalue weighted by Gasteiger charge is -2.13. The first kappa shape index (κ1) is 15.1. The zero-order chi connectivity index (χ0) is 14.6. The van der Waals surface area contributed by atoms with E-state index in [1.807, 2.05) is 0 Å². The lowest BCUT2D eigenvalue weighted by molar-refractivity contribution is -0.134. The number of carboxylic acids is 1. The SMILES string of the molecule is COc1cc(C)c(NS(=O)(=O)CC(=O)O)cc1OC. The molecule has 0 spiro atoms. The van der Waals surface area contributed by atoms with Crippen molar-refractivity contribution in [3.05, 3.63) is 17.7 Å². The van der Waals surface area contributed by atoms with Gasteiger partial charge in [-0.05, 0) is 18.6 Å². The van der Waals surface area contributed by atoms with E-state index in [0.717, 1.165) is 0 Å². The summed E-state index contributed by atoms with van der Waals surface area (Å²) < 4.78 is 35.4. The second kappa shape index (κ2) is 5.79. The molecule has 2 N–H and O–H groups in total. The van der Waals surface area contributed by atoms with Crippen molar-refractivity contribution < 1.29 is 27.8 Å². The van der Waals surface area contributed by atoms with Crippen molar-refractivity contribution in [1.29, 1.82) is 0 Å². The van der Waals surface area contributed by atoms with Crippen LogP contribution in [0.2, 0.25) is 0 Å². The fraction of sp³-hybridized carbons (Fsp3) is 0.364. The van der Waals surface area contributed by atoms with E-state index in [0.29, 0.717) is 17.1 Å². The van der Waals surface area contributed by atoms with E-state index in [2.05, 4.69) is 4.72 Å². The van der Waals surface area contributed by atoms with Crippen molar-refractivity contribution in [3.63, 3.8) is 0 Å². The summed E-state index contributed by atoms with van der Waals surface area (Å²) in [4.78, 5) is 10.4. The molecule has 0 saturated carbocycles. The first-order chi connectivity index (χ1) is 8.79. The van der Waals surface area contributed by atoms with E-state index < -0.39 is 21.7 Å². The molecule has 0 unspecified atom stereocenters. The second-order valence-corrected chi connectivity index (χ2v) is 5.50. The molecule has 1 rings (SSSR count). The Bertz CT molecular complexity index is 581. The van der Waals surface area contributed by atoms with Crippen LogP contribution in [-0.2, 0) is 14.8 Å². The second-order valence-electron chi connectivity index (χ2n) is 3.78. The number of aliphatic carboxylic acids is 1. The largest absolute Gasteiger partial charge is 0.493 e. The fourth-order valence-electron chi connectivity index (χ4n) is 1.46. The van der Waals surface area contributed by atoms with E-state index in [1.165, 1.54) is 20.3 Å². The third-order valence-corrected chi connectivity index (χ3v) is 3.47. The highest BCUT2D eigenvalue weighted by atomic mass is 32.2. The molecule has 0 bridgehead atoms. The number of anilines is 1. The van der Waals surface area contributed by atoms with Crippen molar-refractivity contribution >= 4 is 21.7 Å². The quantitative estimate of drug-likeness (QED) is 0.804. The molecule has 7 nitrogen and oxygen atoms in total. The van der Waals surface area contributed by atoms with Gasteiger partial charge in [0.15, 0.2) is 17.3 Å². The van der Waals surface area contributed by atoms with Gasteiger partial charge < -0.3 is 14.6 Å². The molecule has 106 valence electrons. The molecule has 1 aromatic carbocycles. The van der Waals surface area contributed by atoms with Crippen LogP contribution < -0.4 is 14.2 Å². The van der Waals surface area contributed by atoms with Gasteiger partial charge in [-0.1, -0.05) is 0 Å². The maximum atomic E-state index is 11.6. The third-order valence-electron chi connectivity index (χ3n) is 2.31. The molecule has 0 aromatic heterocycles. The lowest BCUT2D eigenvalue weighted by atomic mass is 10.2. The van der Waals surface area contributed by atoms with Gasteiger partial charge in [-0.15, -0.1) is 0 Å². The summed E-state index contributed by atoms with van der Waals surface area (Å²) in [5.41, 5.74) is 0.838. The van der Waals surface area contributed by atoms with Crippen molar-refractivity contribution in [2.24, 2.45) is 0 Å². The molecule has 0 amide bonds. The standard InChI is InChI=1S/C11H15NO6S/c1-7-4-9(17-2)10(18-3)5-8(7)12-19(15,16)6-11(13)14/h4-5,12H,6H2,1-3H3,(H,13,14). The van der Waals surface area contributed by atoms with Gasteiger partial charge in [-0.2, -0.15) is 0 Å². The van der Waals surface area contributed by atoms with Crippen LogP contribution >= 0.6 is 0 Å². The van der Waals surface area contributed by atoms with Gasteiger partial charge in [-0.25, -0.2) is 8.42 Å². The minimum atomic E-state index is -3.95. The Morgan fingerprint density at radius 2 is 1.79 bits per heavy atom. The number of carbonyl (C=O) groups is 1. The van der Waals surface area contributed by atoms with Crippen LogP contribution in [0.15, 0.2) is 12.1 Å². The average molecular weight is 289 g/mol. The van der Waals surface area contributed by atoms with Crippen LogP contribution in [0.3, 0.4) is 0 Å². The number of rotatable bonds is 6. The fourth-order valence-corrected chi connectivity index (χ4v) is 2.41. The van der Waals surface area contributed by atoms with E-state index in [9.17, 15) is 13.2 Å². The smallest absolute Gasteiger partial charge is 0.320 e. The molecule has 0 heterocycles. The first-order valence-corrected chi connectivity index (χ1v) is 6.89. The monoisotopic (exact) mass is 289 g/mol. The zero-order valence-electron chi connectivity index (χ0n) is 10.8. The number of ether oxygens (including phenoxy) is 2. The Morgan fingerprint density at radius 1 is 1.26 bits per heavy atom. The van der Waals surface area contributed by atoms with Crippen LogP contribution in [0.1, 0.15) is 5.56 Å². The minimum absolute atomic E-state index is 0.249. The summed E-state index contributed by atoms with van der Waals surface area (Å²) in [5.74, 6) is -1.62. The van der Waals surface area contributed by atoms with Crippen LogP contribution in [0.4, 0.5) is 5.69 Å². The molecule has 1 aromatic rings. The molecule has 19 heavy (non-hydrogen) atoms. The Balaban J connectivity index is 3.12. The number of nitrogens with one attached hydrogen (secondary N) is 1. The number of sulfonamides is 1. The normalized spacial score (nSPS) is 10.9. The number of aryl methyl sites for hydroxylation is 1. The molecule has 8 heteroatoms. The van der Waals surface area contributed by atoms with Gasteiger partial charge in [0.05, 0.1) is 19.9 Å². The number of benzene rings is 1. The highest BCUT2D eigenvalue weighted by Gasteiger charge is 2.18. The zero-order valence-corrected chi connectivity index (χ0v) is 11.6. The minimum Gasteiger partial charge on any atom is -0.493 e. The van der Waals surface area contributed by atoms with E-state index in [-0.39, 0.29) is 5.69 Å². The summed E-state index contributed by atoms with van der Waals surface area (Å²) >= 11 is 0. The van der Waals surface area contributed by atoms with Gasteiger partial charge in [0.2, 0.25) is 10.0 Å². The summed E-state index contributed by atoms with van der Waals surface area (Å²) in [7, 11) is -1.06. The summed E-state index contributed by atoms with van der Waals surface area (Å²) in [6, 6.07) is 3.03. The van der Waals surface area contributed by atoms with Crippen LogP contribution in [0, 0.1) is 6.92 Å². The molecule has 0 atom stereocenters. The van der Waals surface area contributed by atoms with Gasteiger partial charge in [0.25, 0.3) is 0 Å². The molecular weight excluding hydrogens is 274 g/mol. The Hall–Kier alpha value is -1.96. The third kappa shape index (κ3) is 4.02. The van der Waals surface area contributed by atoms with E-state index >= 15 is 0 Å². The summed E-state index contributed by atoms with van der Waals surface area (Å²) in [6.45, 7) is 1.67. The van der Waals surface area contributed by atoms with Gasteiger partial charge >= 0.3 is 5.97 Å². The van der Waals surface area contributed by atoms with Crippen molar-refractivity contribution in [3.8, 4) is 11.5 Å². The molecule has 0 aliphatic carbocycles. The lowest BCUT2D eigenvalue weighted by Crippen LogP contribution is -2.22. The number of carboxylic acid groups (broad SMARTS) is 1. The van der Waals surface area contributed by atoms with Gasteiger partial charge in [0, 0.05) is 6.07 Å². The van der Waals surface area contributed by atoms with Crippen LogP contribution in [0.25, 0.3) is 0 Å². The van der Waals surface area contributed by atoms with E-state index in [4.69, 9.17) is 14.6 Å². The Kier molecular flexibility index (Phi) is 4.60. The topological polar surface area (TPSA) is 102 Å². The Morgan fingerprint density at radius 3 is 2.26 bits per heavy atom. The van der Waals surface area contributed by atoms with Crippen LogP contribution in [0.5, 0.6) is 11.5 Å². The van der Waals surface area contributed by atoms with Crippen molar-refractivity contribution in [2.45, 2.75) is 6.92 Å². The first-order valence-electron chi connectivity index (χ1n) is 5.24. The van der Waals surface area contributed by atoms with Crippen molar-refractivity contribution in [1.82, 2.24) is 0 Å². The predicted octanol–water partition coefficient (Wildman–Crippen LogP) is 0.839. The molecule has 0 radical (unpaired) electrons. The number of hydrogen-bond donors (Lipinski definition) is 2. The number of hydrogen-bond acceptors (Lipinski definition) is 5. The summed E-state index contributed by atoms with van der Waals surface area (Å²) in [6.07, 6.45) is 0. The maximum Gasteiger partial charge on any atom is 0.320 e. The van der Waals surface area contributed by atoms with Gasteiger partial charge in [0.1, 0.15) is 0 Å². The molecule has 0 fully saturated rings. The maximum absolute atomic E-state index is 11.6. The molecular formula is C11H15NO6S. The predicted molar refractivity (Wildman–Crippen MR) is 69.3 cm³/mol. The summed E-state index contributed by atoms with van der Waals surface area (Å²) in [5, 5.41) is 8.52. The highest BCUT2D eigenvalue weighted by molar-refractivity contribution is 7.93. The molecule has 0 saturated heterocycles. The average Bonchev–Trinajstić information content (AvgIpc) is 2.29. The van der Waals surface area contributed by atoms with Gasteiger partial charge in [-0.3, -0.25) is 9.52 Å². The van der Waals surface area contributed by atoms with Crippen LogP contribution in [-0.4, -0.2) is 39.5 Å². The highest BCUT2D eigenvalue weighted by Crippen LogP contribution is 2.33. The van der Waals surface area contributed by atoms with E-state index in [1.54, 1.807) is 13.0 Å². The Labute approximate surface area is 111 Å². The molecule has 0 aliphatic rings. The number of methoxy groups -OCH3 is 2. The van der Waals surface area contributed by atoms with Crippen molar-refractivity contribution in [2.75, 3.05) is 24.7 Å².